The van der Waals surface area contributed by atoms with E-state index in [4.69, 9.17) is 12.2 Å². The Hall–Kier alpha value is -1.96. The van der Waals surface area contributed by atoms with Gasteiger partial charge in [0, 0.05) is 23.1 Å². The molecule has 0 saturated carbocycles. The summed E-state index contributed by atoms with van der Waals surface area (Å²) in [7, 11) is 0. The van der Waals surface area contributed by atoms with E-state index in [1.165, 1.54) is 16.7 Å². The van der Waals surface area contributed by atoms with Gasteiger partial charge in [0.25, 0.3) is 5.91 Å². The number of amides is 2. The minimum atomic E-state index is -0.159. The van der Waals surface area contributed by atoms with Crippen LogP contribution >= 0.6 is 39.9 Å². The maximum absolute atomic E-state index is 12.6. The second kappa shape index (κ2) is 8.82. The fourth-order valence-electron chi connectivity index (χ4n) is 2.58. The van der Waals surface area contributed by atoms with Gasteiger partial charge in [-0.25, -0.2) is 0 Å². The van der Waals surface area contributed by atoms with E-state index in [1.807, 2.05) is 61.5 Å². The number of aryl methyl sites for hydroxylation is 1. The number of hydrogen-bond acceptors (Lipinski definition) is 4. The molecule has 27 heavy (non-hydrogen) atoms. The largest absolute Gasteiger partial charge is 0.326 e. The number of carbonyl (C=O) groups is 2. The van der Waals surface area contributed by atoms with Gasteiger partial charge in [0.15, 0.2) is 0 Å². The van der Waals surface area contributed by atoms with Gasteiger partial charge in [0.05, 0.1) is 4.91 Å². The molecule has 138 valence electrons. The second-order valence-electron chi connectivity index (χ2n) is 6.00. The molecular formula is C20H17BrN2O2S2. The summed E-state index contributed by atoms with van der Waals surface area (Å²) in [5.74, 6) is -0.303. The van der Waals surface area contributed by atoms with Crippen molar-refractivity contribution in [1.29, 1.82) is 0 Å². The Morgan fingerprint density at radius 1 is 1.26 bits per heavy atom. The fourth-order valence-corrected chi connectivity index (χ4v) is 4.31. The quantitative estimate of drug-likeness (QED) is 0.504. The van der Waals surface area contributed by atoms with Crippen LogP contribution in [0.5, 0.6) is 0 Å². The Bertz CT molecular complexity index is 943. The Labute approximate surface area is 176 Å². The van der Waals surface area contributed by atoms with Crippen LogP contribution in [0.4, 0.5) is 5.69 Å². The number of thioether (sulfide) groups is 1. The van der Waals surface area contributed by atoms with E-state index in [0.29, 0.717) is 9.23 Å². The molecule has 1 N–H and O–H groups in total. The first-order chi connectivity index (χ1) is 12.9. The molecule has 0 aromatic heterocycles. The molecule has 1 aliphatic rings. The summed E-state index contributed by atoms with van der Waals surface area (Å²) in [5.41, 5.74) is 2.69. The van der Waals surface area contributed by atoms with Gasteiger partial charge >= 0.3 is 0 Å². The van der Waals surface area contributed by atoms with Crippen LogP contribution in [0.25, 0.3) is 6.08 Å². The number of hydrogen-bond donors (Lipinski definition) is 1. The molecule has 0 bridgehead atoms. The second-order valence-corrected chi connectivity index (χ2v) is 8.59. The van der Waals surface area contributed by atoms with Crippen LogP contribution in [-0.2, 0) is 9.59 Å². The minimum Gasteiger partial charge on any atom is -0.326 e. The number of nitrogens with one attached hydrogen (secondary N) is 1. The van der Waals surface area contributed by atoms with Crippen LogP contribution in [0, 0.1) is 6.92 Å². The molecule has 7 heteroatoms. The molecule has 2 aromatic rings. The van der Waals surface area contributed by atoms with Crippen molar-refractivity contribution in [2.24, 2.45) is 0 Å². The lowest BCUT2D eigenvalue weighted by atomic mass is 10.2. The first kappa shape index (κ1) is 19.8. The predicted octanol–water partition coefficient (Wildman–Crippen LogP) is 4.99. The van der Waals surface area contributed by atoms with Crippen molar-refractivity contribution in [3.63, 3.8) is 0 Å². The highest BCUT2D eigenvalue weighted by Crippen LogP contribution is 2.33. The van der Waals surface area contributed by atoms with Crippen molar-refractivity contribution >= 4 is 67.8 Å². The van der Waals surface area contributed by atoms with Gasteiger partial charge in [-0.1, -0.05) is 70.2 Å². The maximum Gasteiger partial charge on any atom is 0.266 e. The average Bonchev–Trinajstić information content (AvgIpc) is 2.88. The van der Waals surface area contributed by atoms with Crippen LogP contribution in [0.2, 0.25) is 0 Å². The van der Waals surface area contributed by atoms with Gasteiger partial charge in [-0.3, -0.25) is 14.5 Å². The van der Waals surface area contributed by atoms with Crippen molar-refractivity contribution in [2.75, 3.05) is 11.9 Å². The van der Waals surface area contributed by atoms with E-state index in [1.54, 1.807) is 0 Å². The molecule has 0 atom stereocenters. The van der Waals surface area contributed by atoms with Gasteiger partial charge in [0.2, 0.25) is 5.91 Å². The third-order valence-corrected chi connectivity index (χ3v) is 5.87. The van der Waals surface area contributed by atoms with E-state index in [0.717, 1.165) is 21.3 Å². The lowest BCUT2D eigenvalue weighted by Gasteiger charge is -2.14. The number of thiocarbonyl (C=S) groups is 1. The summed E-state index contributed by atoms with van der Waals surface area (Å²) in [6, 6.07) is 15.3. The SMILES string of the molecule is Cc1ccccc1NC(=O)CCN1C(=O)C(=Cc2cccc(Br)c2)SC1=S. The van der Waals surface area contributed by atoms with Crippen LogP contribution in [0.3, 0.4) is 0 Å². The van der Waals surface area contributed by atoms with E-state index in [2.05, 4.69) is 21.2 Å². The molecule has 0 aliphatic carbocycles. The van der Waals surface area contributed by atoms with E-state index in [9.17, 15) is 9.59 Å². The normalized spacial score (nSPS) is 15.5. The number of para-hydroxylation sites is 1. The number of nitrogens with zero attached hydrogens (tertiary/aromatic N) is 1. The molecule has 3 rings (SSSR count). The third kappa shape index (κ3) is 5.06. The lowest BCUT2D eigenvalue weighted by molar-refractivity contribution is -0.122. The molecule has 4 nitrogen and oxygen atoms in total. The summed E-state index contributed by atoms with van der Waals surface area (Å²) in [6.45, 7) is 2.20. The zero-order valence-electron chi connectivity index (χ0n) is 14.6. The minimum absolute atomic E-state index is 0.144. The molecular weight excluding hydrogens is 444 g/mol. The van der Waals surface area contributed by atoms with Gasteiger partial charge in [0.1, 0.15) is 4.32 Å². The van der Waals surface area contributed by atoms with Crippen molar-refractivity contribution in [3.05, 3.63) is 69.0 Å². The molecule has 2 aromatic carbocycles. The number of rotatable bonds is 5. The van der Waals surface area contributed by atoms with Crippen molar-refractivity contribution in [3.8, 4) is 0 Å². The van der Waals surface area contributed by atoms with Gasteiger partial charge < -0.3 is 5.32 Å². The number of carbonyl (C=O) groups excluding carboxylic acids is 2. The topological polar surface area (TPSA) is 49.4 Å². The first-order valence-electron chi connectivity index (χ1n) is 8.30. The summed E-state index contributed by atoms with van der Waals surface area (Å²) < 4.78 is 1.42. The predicted molar refractivity (Wildman–Crippen MR) is 118 cm³/mol. The Morgan fingerprint density at radius 3 is 2.78 bits per heavy atom. The molecule has 0 spiro atoms. The molecule has 1 heterocycles. The lowest BCUT2D eigenvalue weighted by Crippen LogP contribution is -2.31. The molecule has 2 amide bonds. The summed E-state index contributed by atoms with van der Waals surface area (Å²) >= 11 is 10.0. The zero-order valence-corrected chi connectivity index (χ0v) is 17.8. The highest BCUT2D eigenvalue weighted by molar-refractivity contribution is 9.10. The summed E-state index contributed by atoms with van der Waals surface area (Å²) in [6.07, 6.45) is 2.00. The van der Waals surface area contributed by atoms with Crippen LogP contribution < -0.4 is 5.32 Å². The standard InChI is InChI=1S/C20H17BrN2O2S2/c1-13-5-2-3-8-16(13)22-18(24)9-10-23-19(25)17(27-20(23)26)12-14-6-4-7-15(21)11-14/h2-8,11-12H,9-10H2,1H3,(H,22,24). The van der Waals surface area contributed by atoms with Crippen molar-refractivity contribution in [1.82, 2.24) is 4.90 Å². The van der Waals surface area contributed by atoms with Crippen molar-refractivity contribution in [2.45, 2.75) is 13.3 Å². The average molecular weight is 461 g/mol. The van der Waals surface area contributed by atoms with E-state index >= 15 is 0 Å². The fraction of sp³-hybridized carbons (Fsp3) is 0.150. The monoisotopic (exact) mass is 460 g/mol. The van der Waals surface area contributed by atoms with Crippen LogP contribution in [0.1, 0.15) is 17.5 Å². The first-order valence-corrected chi connectivity index (χ1v) is 10.3. The Balaban J connectivity index is 1.62. The summed E-state index contributed by atoms with van der Waals surface area (Å²) in [5, 5.41) is 2.87. The van der Waals surface area contributed by atoms with E-state index in [-0.39, 0.29) is 24.8 Å². The van der Waals surface area contributed by atoms with Gasteiger partial charge in [-0.15, -0.1) is 0 Å². The van der Waals surface area contributed by atoms with E-state index < -0.39 is 0 Å². The third-order valence-electron chi connectivity index (χ3n) is 4.00. The van der Waals surface area contributed by atoms with Crippen LogP contribution in [0.15, 0.2) is 57.9 Å². The molecule has 1 aliphatic heterocycles. The highest BCUT2D eigenvalue weighted by atomic mass is 79.9. The molecule has 1 fully saturated rings. The summed E-state index contributed by atoms with van der Waals surface area (Å²) in [4.78, 5) is 26.9. The number of anilines is 1. The smallest absolute Gasteiger partial charge is 0.266 e. The number of benzene rings is 2. The zero-order chi connectivity index (χ0) is 19.4. The van der Waals surface area contributed by atoms with Crippen LogP contribution in [-0.4, -0.2) is 27.6 Å². The van der Waals surface area contributed by atoms with Gasteiger partial charge in [-0.2, -0.15) is 0 Å². The highest BCUT2D eigenvalue weighted by Gasteiger charge is 2.32. The number of halogens is 1. The van der Waals surface area contributed by atoms with Gasteiger partial charge in [-0.05, 0) is 42.3 Å². The molecule has 0 unspecified atom stereocenters. The Kier molecular flexibility index (Phi) is 6.46. The molecule has 1 saturated heterocycles. The maximum atomic E-state index is 12.6. The Morgan fingerprint density at radius 2 is 2.04 bits per heavy atom. The van der Waals surface area contributed by atoms with Crippen molar-refractivity contribution < 1.29 is 9.59 Å². The molecule has 0 radical (unpaired) electrons.